The molecule has 0 saturated carbocycles. The number of carboxylic acids is 1. The Hall–Kier alpha value is -1.81. The second-order valence-corrected chi connectivity index (χ2v) is 2.58. The molecule has 4 nitrogen and oxygen atoms in total. The maximum Gasteiger partial charge on any atom is 0.352 e. The van der Waals surface area contributed by atoms with Gasteiger partial charge in [-0.3, -0.25) is 0 Å². The van der Waals surface area contributed by atoms with Crippen molar-refractivity contribution in [1.82, 2.24) is 11.1 Å². The van der Waals surface area contributed by atoms with Crippen molar-refractivity contribution in [3.05, 3.63) is 36.0 Å². The lowest BCUT2D eigenvalue weighted by molar-refractivity contribution is 0.0691. The number of para-hydroxylation sites is 1. The molecular weight excluding hydrogens is 168 g/mol. The van der Waals surface area contributed by atoms with Crippen molar-refractivity contribution in [2.75, 3.05) is 0 Å². The van der Waals surface area contributed by atoms with Crippen LogP contribution in [0.15, 0.2) is 30.3 Å². The smallest absolute Gasteiger partial charge is 0.352 e. The molecule has 0 bridgehead atoms. The molecule has 13 heavy (non-hydrogen) atoms. The Morgan fingerprint density at radius 2 is 2.00 bits per heavy atom. The van der Waals surface area contributed by atoms with Crippen LogP contribution in [0.2, 0.25) is 0 Å². The number of hydrogen-bond acceptors (Lipinski definition) is 2. The van der Waals surface area contributed by atoms with Gasteiger partial charge in [0.15, 0.2) is 0 Å². The van der Waals surface area contributed by atoms with Gasteiger partial charge in [0.1, 0.15) is 5.69 Å². The summed E-state index contributed by atoms with van der Waals surface area (Å²) in [5, 5.41) is 9.58. The minimum Gasteiger partial charge on any atom is -0.477 e. The predicted octanol–water partition coefficient (Wildman–Crippen LogP) is 2.03. The van der Waals surface area contributed by atoms with Gasteiger partial charge in [-0.15, -0.1) is 0 Å². The molecule has 0 aliphatic carbocycles. The first kappa shape index (κ1) is 9.28. The van der Waals surface area contributed by atoms with Gasteiger partial charge in [0.2, 0.25) is 0 Å². The fraction of sp³-hybridized carbons (Fsp3) is 0. The van der Waals surface area contributed by atoms with Crippen molar-refractivity contribution in [3.63, 3.8) is 0 Å². The maximum atomic E-state index is 10.5. The van der Waals surface area contributed by atoms with Gasteiger partial charge in [0, 0.05) is 10.9 Å². The molecule has 0 fully saturated rings. The van der Waals surface area contributed by atoms with Gasteiger partial charge in [0.25, 0.3) is 0 Å². The lowest BCUT2D eigenvalue weighted by atomic mass is 10.2. The normalized spacial score (nSPS) is 9.54. The predicted molar refractivity (Wildman–Crippen MR) is 50.3 cm³/mol. The molecule has 0 saturated heterocycles. The Bertz CT molecular complexity index is 401. The van der Waals surface area contributed by atoms with Crippen LogP contribution in [0.5, 0.6) is 0 Å². The molecule has 5 N–H and O–H groups in total. The molecule has 1 aromatic carbocycles. The number of fused-ring (bicyclic) bond motifs is 1. The molecular formula is C9H10N2O2. The van der Waals surface area contributed by atoms with Crippen LogP contribution < -0.4 is 6.15 Å². The number of aromatic nitrogens is 1. The van der Waals surface area contributed by atoms with Crippen LogP contribution in [0, 0.1) is 0 Å². The van der Waals surface area contributed by atoms with Gasteiger partial charge in [-0.05, 0) is 12.1 Å². The zero-order valence-corrected chi connectivity index (χ0v) is 6.95. The lowest BCUT2D eigenvalue weighted by Crippen LogP contribution is -1.94. The number of hydrogen-bond donors (Lipinski definition) is 3. The molecule has 0 spiro atoms. The second kappa shape index (κ2) is 3.28. The van der Waals surface area contributed by atoms with E-state index in [0.717, 1.165) is 10.9 Å². The monoisotopic (exact) mass is 178 g/mol. The van der Waals surface area contributed by atoms with Crippen molar-refractivity contribution < 1.29 is 9.90 Å². The minimum absolute atomic E-state index is 0. The van der Waals surface area contributed by atoms with Gasteiger partial charge in [-0.2, -0.15) is 0 Å². The summed E-state index contributed by atoms with van der Waals surface area (Å²) in [6, 6.07) is 9.09. The van der Waals surface area contributed by atoms with Crippen molar-refractivity contribution in [1.29, 1.82) is 0 Å². The van der Waals surface area contributed by atoms with E-state index < -0.39 is 5.97 Å². The highest BCUT2D eigenvalue weighted by Crippen LogP contribution is 2.13. The molecule has 1 aromatic heterocycles. The Morgan fingerprint density at radius 3 is 2.62 bits per heavy atom. The number of benzene rings is 1. The summed E-state index contributed by atoms with van der Waals surface area (Å²) in [6.07, 6.45) is 0. The SMILES string of the molecule is N.O=C(O)c1cc2ccccc2[nH]1. The number of carboxylic acid groups (broad SMARTS) is 1. The second-order valence-electron chi connectivity index (χ2n) is 2.58. The van der Waals surface area contributed by atoms with Crippen LogP contribution in [-0.2, 0) is 0 Å². The quantitative estimate of drug-likeness (QED) is 0.624. The van der Waals surface area contributed by atoms with E-state index in [1.165, 1.54) is 0 Å². The van der Waals surface area contributed by atoms with E-state index in [1.807, 2.05) is 24.3 Å². The van der Waals surface area contributed by atoms with Gasteiger partial charge >= 0.3 is 5.97 Å². The summed E-state index contributed by atoms with van der Waals surface area (Å²) in [4.78, 5) is 13.3. The fourth-order valence-corrected chi connectivity index (χ4v) is 1.19. The van der Waals surface area contributed by atoms with Crippen molar-refractivity contribution in [2.24, 2.45) is 0 Å². The number of rotatable bonds is 1. The van der Waals surface area contributed by atoms with E-state index in [1.54, 1.807) is 6.07 Å². The summed E-state index contributed by atoms with van der Waals surface area (Å²) >= 11 is 0. The highest BCUT2D eigenvalue weighted by Gasteiger charge is 2.05. The lowest BCUT2D eigenvalue weighted by Gasteiger charge is -1.84. The number of carbonyl (C=O) groups is 1. The Labute approximate surface area is 74.8 Å². The van der Waals surface area contributed by atoms with Gasteiger partial charge in [-0.25, -0.2) is 4.79 Å². The number of aromatic amines is 1. The summed E-state index contributed by atoms with van der Waals surface area (Å²) in [5.74, 6) is -0.925. The van der Waals surface area contributed by atoms with Crippen molar-refractivity contribution in [3.8, 4) is 0 Å². The molecule has 0 aliphatic heterocycles. The van der Waals surface area contributed by atoms with E-state index >= 15 is 0 Å². The summed E-state index contributed by atoms with van der Waals surface area (Å²) in [7, 11) is 0. The minimum atomic E-state index is -0.925. The summed E-state index contributed by atoms with van der Waals surface area (Å²) < 4.78 is 0. The van der Waals surface area contributed by atoms with E-state index in [-0.39, 0.29) is 11.8 Å². The van der Waals surface area contributed by atoms with E-state index in [4.69, 9.17) is 5.11 Å². The average molecular weight is 178 g/mol. The topological polar surface area (TPSA) is 88.1 Å². The van der Waals surface area contributed by atoms with Gasteiger partial charge in [0.05, 0.1) is 0 Å². The summed E-state index contributed by atoms with van der Waals surface area (Å²) in [5.41, 5.74) is 1.09. The first-order valence-corrected chi connectivity index (χ1v) is 3.58. The largest absolute Gasteiger partial charge is 0.477 e. The standard InChI is InChI=1S/C9H7NO2.H3N/c11-9(12)8-5-6-3-1-2-4-7(6)10-8;/h1-5,10H,(H,11,12);1H3. The van der Waals surface area contributed by atoms with E-state index in [2.05, 4.69) is 4.98 Å². The van der Waals surface area contributed by atoms with Crippen LogP contribution in [0.1, 0.15) is 10.5 Å². The van der Waals surface area contributed by atoms with E-state index in [9.17, 15) is 4.79 Å². The molecule has 68 valence electrons. The first-order valence-electron chi connectivity index (χ1n) is 3.58. The van der Waals surface area contributed by atoms with Gasteiger partial charge in [-0.1, -0.05) is 18.2 Å². The molecule has 4 heteroatoms. The maximum absolute atomic E-state index is 10.5. The molecule has 0 unspecified atom stereocenters. The van der Waals surface area contributed by atoms with Crippen LogP contribution in [0.3, 0.4) is 0 Å². The molecule has 2 rings (SSSR count). The zero-order chi connectivity index (χ0) is 8.55. The van der Waals surface area contributed by atoms with Crippen LogP contribution in [0.25, 0.3) is 10.9 Å². The molecule has 2 aromatic rings. The molecule has 0 aliphatic rings. The Kier molecular flexibility index (Phi) is 2.34. The molecule has 1 heterocycles. The molecule has 0 atom stereocenters. The molecule has 0 amide bonds. The van der Waals surface area contributed by atoms with Crippen LogP contribution in [-0.4, -0.2) is 16.1 Å². The first-order chi connectivity index (χ1) is 5.77. The van der Waals surface area contributed by atoms with E-state index in [0.29, 0.717) is 0 Å². The Balaban J connectivity index is 0.000000845. The Morgan fingerprint density at radius 1 is 1.31 bits per heavy atom. The fourth-order valence-electron chi connectivity index (χ4n) is 1.19. The highest BCUT2D eigenvalue weighted by atomic mass is 16.4. The van der Waals surface area contributed by atoms with Crippen molar-refractivity contribution in [2.45, 2.75) is 0 Å². The van der Waals surface area contributed by atoms with Gasteiger partial charge < -0.3 is 16.2 Å². The average Bonchev–Trinajstić information content (AvgIpc) is 2.46. The number of aromatic carboxylic acids is 1. The van der Waals surface area contributed by atoms with Crippen LogP contribution >= 0.6 is 0 Å². The van der Waals surface area contributed by atoms with Crippen molar-refractivity contribution >= 4 is 16.9 Å². The third-order valence-electron chi connectivity index (χ3n) is 1.76. The highest BCUT2D eigenvalue weighted by molar-refractivity contribution is 5.93. The third-order valence-corrected chi connectivity index (χ3v) is 1.76. The number of nitrogens with one attached hydrogen (secondary N) is 1. The number of H-pyrrole nitrogens is 1. The summed E-state index contributed by atoms with van der Waals surface area (Å²) in [6.45, 7) is 0. The molecule has 0 radical (unpaired) electrons. The van der Waals surface area contributed by atoms with Crippen LogP contribution in [0.4, 0.5) is 0 Å². The third kappa shape index (κ3) is 1.52. The zero-order valence-electron chi connectivity index (χ0n) is 6.95.